The van der Waals surface area contributed by atoms with Gasteiger partial charge in [-0.15, -0.1) is 5.10 Å². The third-order valence-electron chi connectivity index (χ3n) is 6.83. The molecule has 0 amide bonds. The summed E-state index contributed by atoms with van der Waals surface area (Å²) in [7, 11) is 1.68. The summed E-state index contributed by atoms with van der Waals surface area (Å²) in [6.07, 6.45) is 8.54. The zero-order chi connectivity index (χ0) is 22.5. The van der Waals surface area contributed by atoms with Gasteiger partial charge < -0.3 is 9.26 Å². The molecule has 1 aliphatic heterocycles. The summed E-state index contributed by atoms with van der Waals surface area (Å²) in [6.45, 7) is 4.09. The van der Waals surface area contributed by atoms with Gasteiger partial charge in [0.05, 0.1) is 35.6 Å². The Balaban J connectivity index is 1.52. The van der Waals surface area contributed by atoms with Gasteiger partial charge in [0.15, 0.2) is 11.5 Å². The van der Waals surface area contributed by atoms with E-state index in [0.717, 1.165) is 40.6 Å². The maximum atomic E-state index is 5.61. The van der Waals surface area contributed by atoms with Crippen LogP contribution in [0.15, 0.2) is 29.0 Å². The second-order valence-electron chi connectivity index (χ2n) is 9.30. The molecular formula is C24H27N7O2. The van der Waals surface area contributed by atoms with Gasteiger partial charge in [0.25, 0.3) is 5.89 Å². The second-order valence-corrected chi connectivity index (χ2v) is 9.30. The molecule has 1 aliphatic carbocycles. The molecule has 0 saturated heterocycles. The molecule has 33 heavy (non-hydrogen) atoms. The number of imidazole rings is 1. The Hall–Kier alpha value is -3.49. The number of benzene rings is 1. The van der Waals surface area contributed by atoms with Gasteiger partial charge in [-0.25, -0.2) is 9.67 Å². The van der Waals surface area contributed by atoms with E-state index >= 15 is 0 Å². The number of nitrogens with zero attached hydrogens (tertiary/aromatic N) is 7. The van der Waals surface area contributed by atoms with E-state index in [2.05, 4.69) is 25.0 Å². The minimum Gasteiger partial charge on any atom is -0.497 e. The lowest BCUT2D eigenvalue weighted by Gasteiger charge is -2.11. The molecule has 6 rings (SSSR count). The van der Waals surface area contributed by atoms with E-state index in [1.807, 2.05) is 43.1 Å². The summed E-state index contributed by atoms with van der Waals surface area (Å²) in [5, 5.41) is 13.4. The van der Waals surface area contributed by atoms with Crippen LogP contribution in [0.5, 0.6) is 5.75 Å². The molecule has 0 N–H and O–H groups in total. The van der Waals surface area contributed by atoms with E-state index in [4.69, 9.17) is 14.2 Å². The van der Waals surface area contributed by atoms with E-state index in [0.29, 0.717) is 29.7 Å². The molecule has 2 aliphatic rings. The van der Waals surface area contributed by atoms with Crippen LogP contribution in [-0.4, -0.2) is 41.8 Å². The highest BCUT2D eigenvalue weighted by molar-refractivity contribution is 5.63. The molecule has 0 radical (unpaired) electrons. The molecule has 4 aromatic rings. The molecule has 3 aromatic heterocycles. The Morgan fingerprint density at radius 2 is 2.00 bits per heavy atom. The van der Waals surface area contributed by atoms with Crippen molar-refractivity contribution in [2.45, 2.75) is 58.3 Å². The van der Waals surface area contributed by atoms with Crippen LogP contribution in [-0.2, 0) is 12.8 Å². The molecule has 0 atom stereocenters. The zero-order valence-corrected chi connectivity index (χ0v) is 19.2. The maximum Gasteiger partial charge on any atom is 0.278 e. The van der Waals surface area contributed by atoms with Crippen LogP contribution in [0.4, 0.5) is 0 Å². The molecular weight excluding hydrogens is 418 g/mol. The molecule has 9 nitrogen and oxygen atoms in total. The highest BCUT2D eigenvalue weighted by atomic mass is 16.5. The first-order valence-electron chi connectivity index (χ1n) is 11.6. The van der Waals surface area contributed by atoms with E-state index in [1.54, 1.807) is 7.11 Å². The number of methoxy groups -OCH3 is 1. The number of fused-ring (bicyclic) bond motifs is 5. The van der Waals surface area contributed by atoms with Crippen LogP contribution in [0, 0.1) is 5.92 Å². The summed E-state index contributed by atoms with van der Waals surface area (Å²) in [4.78, 5) is 9.31. The fourth-order valence-electron chi connectivity index (χ4n) is 5.01. The predicted molar refractivity (Wildman–Crippen MR) is 121 cm³/mol. The van der Waals surface area contributed by atoms with E-state index < -0.39 is 0 Å². The summed E-state index contributed by atoms with van der Waals surface area (Å²) in [5.74, 6) is 2.75. The van der Waals surface area contributed by atoms with Crippen molar-refractivity contribution in [3.63, 3.8) is 0 Å². The Bertz CT molecular complexity index is 1310. The fraction of sp³-hybridized carbons (Fsp3) is 0.458. The monoisotopic (exact) mass is 445 g/mol. The van der Waals surface area contributed by atoms with Crippen LogP contribution < -0.4 is 4.74 Å². The summed E-state index contributed by atoms with van der Waals surface area (Å²) in [6, 6.07) is 5.99. The number of aromatic nitrogens is 7. The van der Waals surface area contributed by atoms with Crippen LogP contribution >= 0.6 is 0 Å². The topological polar surface area (TPSA) is 96.7 Å². The lowest BCUT2D eigenvalue weighted by molar-refractivity contribution is 0.414. The highest BCUT2D eigenvalue weighted by Gasteiger charge is 2.30. The lowest BCUT2D eigenvalue weighted by Crippen LogP contribution is -2.06. The molecule has 1 saturated carbocycles. The third kappa shape index (κ3) is 3.34. The SMILES string of the molecule is COc1ccc2c(c1)-n1nnc(CC3CCCC3)c1Cc1c(-c3nc(C(C)C)no3)ncn1-2. The summed E-state index contributed by atoms with van der Waals surface area (Å²) >= 11 is 0. The van der Waals surface area contributed by atoms with Crippen molar-refractivity contribution in [1.82, 2.24) is 34.7 Å². The van der Waals surface area contributed by atoms with Crippen molar-refractivity contribution in [3.8, 4) is 28.7 Å². The van der Waals surface area contributed by atoms with Gasteiger partial charge in [-0.2, -0.15) is 4.98 Å². The molecule has 170 valence electrons. The van der Waals surface area contributed by atoms with Crippen LogP contribution in [0.2, 0.25) is 0 Å². The van der Waals surface area contributed by atoms with Gasteiger partial charge in [-0.05, 0) is 24.5 Å². The zero-order valence-electron chi connectivity index (χ0n) is 19.2. The summed E-state index contributed by atoms with van der Waals surface area (Å²) < 4.78 is 15.2. The van der Waals surface area contributed by atoms with Gasteiger partial charge in [0.2, 0.25) is 0 Å². The minimum atomic E-state index is 0.181. The number of rotatable bonds is 5. The van der Waals surface area contributed by atoms with Crippen LogP contribution in [0.3, 0.4) is 0 Å². The van der Waals surface area contributed by atoms with Gasteiger partial charge in [0.1, 0.15) is 12.1 Å². The van der Waals surface area contributed by atoms with Crippen molar-refractivity contribution < 1.29 is 9.26 Å². The molecule has 0 bridgehead atoms. The van der Waals surface area contributed by atoms with Gasteiger partial charge >= 0.3 is 0 Å². The second kappa shape index (κ2) is 7.83. The van der Waals surface area contributed by atoms with Gasteiger partial charge in [-0.1, -0.05) is 49.9 Å². The molecule has 0 spiro atoms. The Morgan fingerprint density at radius 1 is 1.15 bits per heavy atom. The summed E-state index contributed by atoms with van der Waals surface area (Å²) in [5.41, 5.74) is 5.73. The van der Waals surface area contributed by atoms with E-state index in [9.17, 15) is 0 Å². The number of hydrogen-bond acceptors (Lipinski definition) is 7. The predicted octanol–water partition coefficient (Wildman–Crippen LogP) is 4.27. The normalized spacial score (nSPS) is 15.4. The molecule has 9 heteroatoms. The van der Waals surface area contributed by atoms with Crippen molar-refractivity contribution in [2.24, 2.45) is 5.92 Å². The average Bonchev–Trinajstić information content (AvgIpc) is 3.61. The molecule has 0 unspecified atom stereocenters. The van der Waals surface area contributed by atoms with E-state index in [1.165, 1.54) is 25.7 Å². The highest BCUT2D eigenvalue weighted by Crippen LogP contribution is 2.36. The Morgan fingerprint density at radius 3 is 2.76 bits per heavy atom. The van der Waals surface area contributed by atoms with Crippen LogP contribution in [0.1, 0.15) is 68.4 Å². The van der Waals surface area contributed by atoms with Crippen molar-refractivity contribution in [1.29, 1.82) is 0 Å². The first kappa shape index (κ1) is 20.1. The Kier molecular flexibility index (Phi) is 4.78. The number of ether oxygens (including phenoxy) is 1. The molecule has 1 aromatic carbocycles. The van der Waals surface area contributed by atoms with Crippen molar-refractivity contribution in [3.05, 3.63) is 47.4 Å². The van der Waals surface area contributed by atoms with Crippen molar-refractivity contribution in [2.75, 3.05) is 7.11 Å². The first-order valence-corrected chi connectivity index (χ1v) is 11.6. The lowest BCUT2D eigenvalue weighted by atomic mass is 9.99. The minimum absolute atomic E-state index is 0.181. The number of hydrogen-bond donors (Lipinski definition) is 0. The van der Waals surface area contributed by atoms with Gasteiger partial charge in [0, 0.05) is 18.4 Å². The fourth-order valence-corrected chi connectivity index (χ4v) is 5.01. The van der Waals surface area contributed by atoms with E-state index in [-0.39, 0.29) is 5.92 Å². The standard InChI is InChI=1S/C24H27N7O2/c1-14(2)23-26-24(33-28-23)22-21-12-19-17(10-15-6-4-5-7-15)27-29-31(19)20-11-16(32-3)8-9-18(20)30(21)13-25-22/h8-9,11,13-15H,4-7,10,12H2,1-3H3. The van der Waals surface area contributed by atoms with Crippen molar-refractivity contribution >= 4 is 0 Å². The molecule has 1 fully saturated rings. The molecule has 4 heterocycles. The third-order valence-corrected chi connectivity index (χ3v) is 6.83. The average molecular weight is 446 g/mol. The maximum absolute atomic E-state index is 5.61. The van der Waals surface area contributed by atoms with Crippen LogP contribution in [0.25, 0.3) is 23.0 Å². The van der Waals surface area contributed by atoms with Gasteiger partial charge in [-0.3, -0.25) is 4.57 Å². The quantitative estimate of drug-likeness (QED) is 0.398. The first-order chi connectivity index (χ1) is 16.1. The largest absolute Gasteiger partial charge is 0.497 e. The smallest absolute Gasteiger partial charge is 0.278 e. The Labute approximate surface area is 191 Å².